The Morgan fingerprint density at radius 1 is 1.35 bits per heavy atom. The molecule has 0 aromatic heterocycles. The molecule has 7 nitrogen and oxygen atoms in total. The van der Waals surface area contributed by atoms with E-state index in [1.54, 1.807) is 0 Å². The zero-order chi connectivity index (χ0) is 12.4. The number of aromatic carboxylic acids is 1. The molecule has 1 aliphatic rings. The lowest BCUT2D eigenvalue weighted by molar-refractivity contribution is -0.119. The van der Waals surface area contributed by atoms with Crippen LogP contribution in [0.2, 0.25) is 0 Å². The number of carboxylic acid groups (broad SMARTS) is 1. The van der Waals surface area contributed by atoms with E-state index >= 15 is 0 Å². The summed E-state index contributed by atoms with van der Waals surface area (Å²) in [6.45, 7) is -0.381. The van der Waals surface area contributed by atoms with Gasteiger partial charge in [-0.05, 0) is 0 Å². The molecule has 0 aliphatic carbocycles. The van der Waals surface area contributed by atoms with Crippen molar-refractivity contribution in [1.82, 2.24) is 0 Å². The van der Waals surface area contributed by atoms with Crippen LogP contribution in [0, 0.1) is 0 Å². The molecular weight excluding hydrogens is 230 g/mol. The van der Waals surface area contributed by atoms with E-state index in [1.165, 1.54) is 12.1 Å². The second-order valence-corrected chi connectivity index (χ2v) is 3.26. The van der Waals surface area contributed by atoms with Crippen molar-refractivity contribution in [2.24, 2.45) is 5.73 Å². The van der Waals surface area contributed by atoms with Crippen LogP contribution in [0.1, 0.15) is 10.4 Å². The largest absolute Gasteiger partial charge is 0.483 e. The first-order valence-corrected chi connectivity index (χ1v) is 4.66. The molecule has 0 saturated heterocycles. The van der Waals surface area contributed by atoms with Crippen molar-refractivity contribution in [3.05, 3.63) is 17.7 Å². The Hall–Kier alpha value is -2.44. The third-order valence-corrected chi connectivity index (χ3v) is 2.08. The average molecular weight is 239 g/mol. The van der Waals surface area contributed by atoms with Gasteiger partial charge in [0.2, 0.25) is 6.79 Å². The number of hydrogen-bond donors (Lipinski definition) is 2. The maximum atomic E-state index is 11.0. The fourth-order valence-corrected chi connectivity index (χ4v) is 1.36. The minimum atomic E-state index is -1.19. The highest BCUT2D eigenvalue weighted by molar-refractivity contribution is 5.92. The SMILES string of the molecule is NC(=O)COc1cc2c(cc1C(=O)O)OCO2. The molecule has 1 amide bonds. The zero-order valence-corrected chi connectivity index (χ0v) is 8.63. The average Bonchev–Trinajstić information content (AvgIpc) is 2.71. The molecule has 0 fully saturated rings. The molecule has 0 unspecified atom stereocenters. The summed E-state index contributed by atoms with van der Waals surface area (Å²) in [7, 11) is 0. The molecule has 1 heterocycles. The summed E-state index contributed by atoms with van der Waals surface area (Å²) in [5.41, 5.74) is 4.80. The highest BCUT2D eigenvalue weighted by atomic mass is 16.7. The third-order valence-electron chi connectivity index (χ3n) is 2.08. The number of ether oxygens (including phenoxy) is 3. The molecule has 0 atom stereocenters. The predicted molar refractivity (Wildman–Crippen MR) is 54.2 cm³/mol. The van der Waals surface area contributed by atoms with Crippen molar-refractivity contribution in [3.63, 3.8) is 0 Å². The smallest absolute Gasteiger partial charge is 0.339 e. The van der Waals surface area contributed by atoms with Crippen molar-refractivity contribution in [2.45, 2.75) is 0 Å². The maximum absolute atomic E-state index is 11.0. The van der Waals surface area contributed by atoms with Crippen molar-refractivity contribution in [1.29, 1.82) is 0 Å². The monoisotopic (exact) mass is 239 g/mol. The van der Waals surface area contributed by atoms with Crippen LogP contribution in [0.3, 0.4) is 0 Å². The second kappa shape index (κ2) is 4.20. The summed E-state index contributed by atoms with van der Waals surface area (Å²) in [6.07, 6.45) is 0. The molecule has 3 N–H and O–H groups in total. The first-order chi connectivity index (χ1) is 8.08. The van der Waals surface area contributed by atoms with E-state index in [2.05, 4.69) is 0 Å². The number of nitrogens with two attached hydrogens (primary N) is 1. The zero-order valence-electron chi connectivity index (χ0n) is 8.63. The maximum Gasteiger partial charge on any atom is 0.339 e. The minimum Gasteiger partial charge on any atom is -0.483 e. The molecule has 1 aliphatic heterocycles. The van der Waals surface area contributed by atoms with Crippen LogP contribution in [-0.4, -0.2) is 30.4 Å². The van der Waals surface area contributed by atoms with Crippen LogP contribution in [0.15, 0.2) is 12.1 Å². The van der Waals surface area contributed by atoms with E-state index in [0.717, 1.165) is 0 Å². The minimum absolute atomic E-state index is 0.0144. The van der Waals surface area contributed by atoms with Crippen LogP contribution in [-0.2, 0) is 4.79 Å². The van der Waals surface area contributed by atoms with Crippen molar-refractivity contribution < 1.29 is 28.9 Å². The number of carbonyl (C=O) groups is 2. The Bertz CT molecular complexity index is 484. The lowest BCUT2D eigenvalue weighted by atomic mass is 10.2. The fourth-order valence-electron chi connectivity index (χ4n) is 1.36. The van der Waals surface area contributed by atoms with Crippen LogP contribution < -0.4 is 19.9 Å². The molecule has 90 valence electrons. The van der Waals surface area contributed by atoms with Gasteiger partial charge in [0.15, 0.2) is 18.1 Å². The molecule has 0 spiro atoms. The van der Waals surface area contributed by atoms with E-state index in [0.29, 0.717) is 11.5 Å². The number of fused-ring (bicyclic) bond motifs is 1. The molecule has 0 radical (unpaired) electrons. The molecule has 2 rings (SSSR count). The first-order valence-electron chi connectivity index (χ1n) is 4.66. The Labute approximate surface area is 95.7 Å². The summed E-state index contributed by atoms with van der Waals surface area (Å²) in [4.78, 5) is 21.6. The van der Waals surface area contributed by atoms with Gasteiger partial charge in [0.25, 0.3) is 5.91 Å². The number of primary amides is 1. The normalized spacial score (nSPS) is 12.2. The highest BCUT2D eigenvalue weighted by Gasteiger charge is 2.21. The van der Waals surface area contributed by atoms with Gasteiger partial charge in [-0.3, -0.25) is 4.79 Å². The second-order valence-electron chi connectivity index (χ2n) is 3.26. The summed E-state index contributed by atoms with van der Waals surface area (Å²) >= 11 is 0. The van der Waals surface area contributed by atoms with Gasteiger partial charge < -0.3 is 25.1 Å². The van der Waals surface area contributed by atoms with Gasteiger partial charge >= 0.3 is 5.97 Å². The van der Waals surface area contributed by atoms with Gasteiger partial charge in [0.05, 0.1) is 0 Å². The molecule has 1 aromatic carbocycles. The molecule has 17 heavy (non-hydrogen) atoms. The van der Waals surface area contributed by atoms with Gasteiger partial charge in [0.1, 0.15) is 11.3 Å². The van der Waals surface area contributed by atoms with E-state index in [4.69, 9.17) is 25.1 Å². The van der Waals surface area contributed by atoms with Crippen LogP contribution >= 0.6 is 0 Å². The number of amides is 1. The van der Waals surface area contributed by atoms with E-state index in [-0.39, 0.29) is 18.1 Å². The van der Waals surface area contributed by atoms with Crippen molar-refractivity contribution >= 4 is 11.9 Å². The summed E-state index contributed by atoms with van der Waals surface area (Å²) in [5, 5.41) is 8.97. The van der Waals surface area contributed by atoms with Gasteiger partial charge in [-0.1, -0.05) is 0 Å². The van der Waals surface area contributed by atoms with E-state index in [9.17, 15) is 9.59 Å². The molecule has 0 bridgehead atoms. The number of rotatable bonds is 4. The van der Waals surface area contributed by atoms with Gasteiger partial charge in [-0.2, -0.15) is 0 Å². The Morgan fingerprint density at radius 3 is 2.59 bits per heavy atom. The number of carboxylic acids is 1. The van der Waals surface area contributed by atoms with Crippen molar-refractivity contribution in [2.75, 3.05) is 13.4 Å². The summed E-state index contributed by atoms with van der Waals surface area (Å²) in [5.74, 6) is -1.18. The summed E-state index contributed by atoms with van der Waals surface area (Å²) < 4.78 is 15.1. The van der Waals surface area contributed by atoms with E-state index < -0.39 is 18.5 Å². The first kappa shape index (κ1) is 11.1. The fraction of sp³-hybridized carbons (Fsp3) is 0.200. The predicted octanol–water partition coefficient (Wildman–Crippen LogP) is -0.0224. The number of hydrogen-bond acceptors (Lipinski definition) is 5. The van der Waals surface area contributed by atoms with Crippen LogP contribution in [0.4, 0.5) is 0 Å². The summed E-state index contributed by atoms with van der Waals surface area (Å²) in [6, 6.07) is 2.63. The highest BCUT2D eigenvalue weighted by Crippen LogP contribution is 2.38. The van der Waals surface area contributed by atoms with Gasteiger partial charge in [-0.15, -0.1) is 0 Å². The molecule has 1 aromatic rings. The molecule has 7 heteroatoms. The Morgan fingerprint density at radius 2 is 2.00 bits per heavy atom. The van der Waals surface area contributed by atoms with Crippen molar-refractivity contribution in [3.8, 4) is 17.2 Å². The standard InChI is InChI=1S/C10H9NO6/c11-9(12)3-15-6-2-8-7(16-4-17-8)1-5(6)10(13)14/h1-2H,3-4H2,(H2,11,12)(H,13,14). The Balaban J connectivity index is 2.34. The van der Waals surface area contributed by atoms with Crippen LogP contribution in [0.5, 0.6) is 17.2 Å². The third kappa shape index (κ3) is 2.22. The molecule has 0 saturated carbocycles. The quantitative estimate of drug-likeness (QED) is 0.764. The van der Waals surface area contributed by atoms with Gasteiger partial charge in [0, 0.05) is 12.1 Å². The molecular formula is C10H9NO6. The lowest BCUT2D eigenvalue weighted by Gasteiger charge is -2.08. The number of benzene rings is 1. The lowest BCUT2D eigenvalue weighted by Crippen LogP contribution is -2.20. The number of carbonyl (C=O) groups excluding carboxylic acids is 1. The Kier molecular flexibility index (Phi) is 2.73. The van der Waals surface area contributed by atoms with Crippen LogP contribution in [0.25, 0.3) is 0 Å². The van der Waals surface area contributed by atoms with E-state index in [1.807, 2.05) is 0 Å². The topological polar surface area (TPSA) is 108 Å². The van der Waals surface area contributed by atoms with Gasteiger partial charge in [-0.25, -0.2) is 4.79 Å².